The van der Waals surface area contributed by atoms with Crippen LogP contribution in [-0.2, 0) is 6.54 Å². The van der Waals surface area contributed by atoms with Gasteiger partial charge in [-0.3, -0.25) is 0 Å². The maximum absolute atomic E-state index is 14.4. The summed E-state index contributed by atoms with van der Waals surface area (Å²) in [6.07, 6.45) is 9.45. The largest absolute Gasteiger partial charge is 0.343 e. The Morgan fingerprint density at radius 1 is 1.58 bits per heavy atom. The van der Waals surface area contributed by atoms with Crippen LogP contribution >= 0.6 is 0 Å². The first kappa shape index (κ1) is 13.8. The van der Waals surface area contributed by atoms with Gasteiger partial charge in [0.1, 0.15) is 0 Å². The lowest BCUT2D eigenvalue weighted by Crippen LogP contribution is -2.28. The smallest absolute Gasteiger partial charge is 0.170 e. The zero-order chi connectivity index (χ0) is 13.7. The summed E-state index contributed by atoms with van der Waals surface area (Å²) < 4.78 is 14.4. The number of rotatable bonds is 7. The van der Waals surface area contributed by atoms with E-state index in [4.69, 9.17) is 6.42 Å². The van der Waals surface area contributed by atoms with E-state index in [1.54, 1.807) is 12.3 Å². The average molecular weight is 261 g/mol. The standard InChI is InChI=1S/C15H20FN3/c1-3-9-19(11-12-5-6-12)15-14(16)13(7-8-18-15)10-17-4-2/h1,7-8,12,17H,4-6,9-11H2,2H3. The molecule has 102 valence electrons. The van der Waals surface area contributed by atoms with Gasteiger partial charge in [0.05, 0.1) is 6.54 Å². The summed E-state index contributed by atoms with van der Waals surface area (Å²) in [4.78, 5) is 6.05. The molecular weight excluding hydrogens is 241 g/mol. The lowest BCUT2D eigenvalue weighted by molar-refractivity contribution is 0.579. The number of aromatic nitrogens is 1. The molecule has 0 radical (unpaired) electrons. The van der Waals surface area contributed by atoms with Crippen LogP contribution in [0.1, 0.15) is 25.3 Å². The van der Waals surface area contributed by atoms with Crippen molar-refractivity contribution >= 4 is 5.82 Å². The zero-order valence-corrected chi connectivity index (χ0v) is 11.3. The summed E-state index contributed by atoms with van der Waals surface area (Å²) >= 11 is 0. The molecule has 1 heterocycles. The van der Waals surface area contributed by atoms with Gasteiger partial charge in [-0.15, -0.1) is 6.42 Å². The fraction of sp³-hybridized carbons (Fsp3) is 0.533. The first-order valence-electron chi connectivity index (χ1n) is 6.78. The van der Waals surface area contributed by atoms with E-state index >= 15 is 0 Å². The molecule has 0 spiro atoms. The Morgan fingerprint density at radius 2 is 2.37 bits per heavy atom. The van der Waals surface area contributed by atoms with E-state index in [1.165, 1.54) is 12.8 Å². The third-order valence-electron chi connectivity index (χ3n) is 3.27. The first-order chi connectivity index (χ1) is 9.26. The predicted octanol–water partition coefficient (Wildman–Crippen LogP) is 2.18. The Balaban J connectivity index is 2.17. The molecule has 0 aromatic carbocycles. The molecule has 1 saturated carbocycles. The number of hydrogen-bond donors (Lipinski definition) is 1. The number of nitrogens with zero attached hydrogens (tertiary/aromatic N) is 2. The van der Waals surface area contributed by atoms with E-state index in [1.807, 2.05) is 11.8 Å². The Bertz CT molecular complexity index is 463. The predicted molar refractivity (Wildman–Crippen MR) is 75.3 cm³/mol. The summed E-state index contributed by atoms with van der Waals surface area (Å²) in [5.41, 5.74) is 0.643. The molecule has 1 N–H and O–H groups in total. The van der Waals surface area contributed by atoms with Crippen molar-refractivity contribution in [3.8, 4) is 12.3 Å². The number of pyridine rings is 1. The lowest BCUT2D eigenvalue weighted by Gasteiger charge is -2.22. The molecule has 0 bridgehead atoms. The molecule has 3 nitrogen and oxygen atoms in total. The van der Waals surface area contributed by atoms with Gasteiger partial charge < -0.3 is 10.2 Å². The van der Waals surface area contributed by atoms with E-state index in [0.717, 1.165) is 13.1 Å². The number of anilines is 1. The second kappa shape index (κ2) is 6.53. The van der Waals surface area contributed by atoms with Gasteiger partial charge in [0, 0.05) is 24.8 Å². The normalized spacial score (nSPS) is 14.2. The first-order valence-corrected chi connectivity index (χ1v) is 6.78. The van der Waals surface area contributed by atoms with Crippen LogP contribution in [0.15, 0.2) is 12.3 Å². The van der Waals surface area contributed by atoms with E-state index in [2.05, 4.69) is 16.2 Å². The van der Waals surface area contributed by atoms with Gasteiger partial charge in [-0.05, 0) is 31.4 Å². The van der Waals surface area contributed by atoms with Crippen molar-refractivity contribution in [2.24, 2.45) is 5.92 Å². The average Bonchev–Trinajstić information content (AvgIpc) is 3.21. The lowest BCUT2D eigenvalue weighted by atomic mass is 10.2. The van der Waals surface area contributed by atoms with E-state index in [0.29, 0.717) is 30.4 Å². The van der Waals surface area contributed by atoms with Gasteiger partial charge in [-0.1, -0.05) is 12.8 Å². The molecule has 0 saturated heterocycles. The monoisotopic (exact) mass is 261 g/mol. The van der Waals surface area contributed by atoms with Crippen LogP contribution in [0.25, 0.3) is 0 Å². The van der Waals surface area contributed by atoms with E-state index < -0.39 is 0 Å². The molecule has 1 aliphatic carbocycles. The highest BCUT2D eigenvalue weighted by Gasteiger charge is 2.26. The van der Waals surface area contributed by atoms with Crippen LogP contribution in [0.3, 0.4) is 0 Å². The summed E-state index contributed by atoms with van der Waals surface area (Å²) in [6.45, 7) is 4.54. The quantitative estimate of drug-likeness (QED) is 0.763. The summed E-state index contributed by atoms with van der Waals surface area (Å²) in [5.74, 6) is 3.38. The fourth-order valence-corrected chi connectivity index (χ4v) is 2.04. The molecular formula is C15H20FN3. The maximum atomic E-state index is 14.4. The maximum Gasteiger partial charge on any atom is 0.170 e. The zero-order valence-electron chi connectivity index (χ0n) is 11.3. The molecule has 1 aromatic heterocycles. The van der Waals surface area contributed by atoms with Gasteiger partial charge in [-0.25, -0.2) is 9.37 Å². The van der Waals surface area contributed by atoms with Crippen molar-refractivity contribution in [1.82, 2.24) is 10.3 Å². The number of nitrogens with one attached hydrogen (secondary N) is 1. The van der Waals surface area contributed by atoms with Crippen LogP contribution in [0.4, 0.5) is 10.2 Å². The molecule has 1 fully saturated rings. The van der Waals surface area contributed by atoms with Crippen LogP contribution in [0.5, 0.6) is 0 Å². The molecule has 0 atom stereocenters. The van der Waals surface area contributed by atoms with Gasteiger partial charge in [-0.2, -0.15) is 0 Å². The minimum Gasteiger partial charge on any atom is -0.343 e. The SMILES string of the molecule is C#CCN(CC1CC1)c1nccc(CNCC)c1F. The molecule has 0 unspecified atom stereocenters. The third kappa shape index (κ3) is 3.68. The second-order valence-corrected chi connectivity index (χ2v) is 4.92. The molecule has 2 rings (SSSR count). The van der Waals surface area contributed by atoms with Crippen molar-refractivity contribution < 1.29 is 4.39 Å². The van der Waals surface area contributed by atoms with Gasteiger partial charge in [0.15, 0.2) is 11.6 Å². The molecule has 1 aromatic rings. The summed E-state index contributed by atoms with van der Waals surface area (Å²) in [6, 6.07) is 1.71. The van der Waals surface area contributed by atoms with Crippen molar-refractivity contribution in [3.05, 3.63) is 23.6 Å². The van der Waals surface area contributed by atoms with Crippen LogP contribution < -0.4 is 10.2 Å². The Kier molecular flexibility index (Phi) is 4.75. The highest BCUT2D eigenvalue weighted by molar-refractivity contribution is 5.44. The molecule has 0 amide bonds. The van der Waals surface area contributed by atoms with Crippen LogP contribution in [-0.4, -0.2) is 24.6 Å². The van der Waals surface area contributed by atoms with Crippen molar-refractivity contribution in [3.63, 3.8) is 0 Å². The third-order valence-corrected chi connectivity index (χ3v) is 3.27. The van der Waals surface area contributed by atoms with Gasteiger partial charge in [0.2, 0.25) is 0 Å². The summed E-state index contributed by atoms with van der Waals surface area (Å²) in [5, 5.41) is 3.13. The summed E-state index contributed by atoms with van der Waals surface area (Å²) in [7, 11) is 0. The van der Waals surface area contributed by atoms with Crippen molar-refractivity contribution in [2.45, 2.75) is 26.3 Å². The minimum atomic E-state index is -0.251. The van der Waals surface area contributed by atoms with Crippen LogP contribution in [0.2, 0.25) is 0 Å². The highest BCUT2D eigenvalue weighted by Crippen LogP contribution is 2.31. The fourth-order valence-electron chi connectivity index (χ4n) is 2.04. The van der Waals surface area contributed by atoms with Crippen LogP contribution in [0, 0.1) is 24.1 Å². The minimum absolute atomic E-state index is 0.251. The Labute approximate surface area is 114 Å². The highest BCUT2D eigenvalue weighted by atomic mass is 19.1. The van der Waals surface area contributed by atoms with E-state index in [-0.39, 0.29) is 5.82 Å². The molecule has 19 heavy (non-hydrogen) atoms. The van der Waals surface area contributed by atoms with E-state index in [9.17, 15) is 4.39 Å². The number of halogens is 1. The molecule has 0 aliphatic heterocycles. The van der Waals surface area contributed by atoms with Crippen molar-refractivity contribution in [1.29, 1.82) is 0 Å². The molecule has 4 heteroatoms. The second-order valence-electron chi connectivity index (χ2n) is 4.92. The molecule has 1 aliphatic rings. The Morgan fingerprint density at radius 3 is 3.00 bits per heavy atom. The number of hydrogen-bond acceptors (Lipinski definition) is 3. The number of terminal acetylenes is 1. The van der Waals surface area contributed by atoms with Gasteiger partial charge in [0.25, 0.3) is 0 Å². The Hall–Kier alpha value is -1.60. The topological polar surface area (TPSA) is 28.2 Å². The van der Waals surface area contributed by atoms with Crippen molar-refractivity contribution in [2.75, 3.05) is 24.5 Å². The van der Waals surface area contributed by atoms with Gasteiger partial charge >= 0.3 is 0 Å².